The van der Waals surface area contributed by atoms with E-state index in [0.29, 0.717) is 12.2 Å². The molecule has 0 radical (unpaired) electrons. The summed E-state index contributed by atoms with van der Waals surface area (Å²) in [7, 11) is 0. The van der Waals surface area contributed by atoms with Crippen LogP contribution in [0.3, 0.4) is 0 Å². The van der Waals surface area contributed by atoms with Gasteiger partial charge in [-0.15, -0.1) is 0 Å². The number of imidazole rings is 1. The highest BCUT2D eigenvalue weighted by Crippen LogP contribution is 2.22. The zero-order valence-electron chi connectivity index (χ0n) is 19.9. The average Bonchev–Trinajstić information content (AvgIpc) is 3.07. The fourth-order valence-corrected chi connectivity index (χ4v) is 4.32. The molecule has 6 nitrogen and oxygen atoms in total. The molecule has 6 heteroatoms. The molecule has 0 saturated carbocycles. The molecular formula is C26H34N4O2. The summed E-state index contributed by atoms with van der Waals surface area (Å²) < 4.78 is 1.94. The van der Waals surface area contributed by atoms with Crippen LogP contribution in [0.25, 0.3) is 11.0 Å². The van der Waals surface area contributed by atoms with E-state index >= 15 is 0 Å². The molecule has 1 aromatic heterocycles. The maximum absolute atomic E-state index is 13.2. The lowest BCUT2D eigenvalue weighted by molar-refractivity contribution is -0.135. The summed E-state index contributed by atoms with van der Waals surface area (Å²) in [5.74, 6) is 0.658. The lowest BCUT2D eigenvalue weighted by Crippen LogP contribution is -2.44. The number of para-hydroxylation sites is 2. The second-order valence-electron chi connectivity index (χ2n) is 8.93. The molecule has 1 unspecified atom stereocenters. The van der Waals surface area contributed by atoms with Crippen LogP contribution >= 0.6 is 0 Å². The van der Waals surface area contributed by atoms with Gasteiger partial charge < -0.3 is 14.8 Å². The van der Waals surface area contributed by atoms with Gasteiger partial charge in [0, 0.05) is 12.1 Å². The van der Waals surface area contributed by atoms with Crippen molar-refractivity contribution in [2.75, 3.05) is 0 Å². The maximum atomic E-state index is 13.2. The van der Waals surface area contributed by atoms with Crippen LogP contribution in [0.2, 0.25) is 0 Å². The molecule has 3 rings (SSSR count). The maximum Gasteiger partial charge on any atom is 0.243 e. The Kier molecular flexibility index (Phi) is 7.33. The summed E-state index contributed by atoms with van der Waals surface area (Å²) in [6.07, 6.45) is 0.310. The zero-order chi connectivity index (χ0) is 23.4. The molecule has 1 N–H and O–H groups in total. The van der Waals surface area contributed by atoms with Gasteiger partial charge >= 0.3 is 0 Å². The predicted molar refractivity (Wildman–Crippen MR) is 128 cm³/mol. The fraction of sp³-hybridized carbons (Fsp3) is 0.423. The molecule has 0 aliphatic carbocycles. The first-order valence-electron chi connectivity index (χ1n) is 11.3. The van der Waals surface area contributed by atoms with Gasteiger partial charge in [-0.3, -0.25) is 9.59 Å². The van der Waals surface area contributed by atoms with E-state index in [-0.39, 0.29) is 36.5 Å². The molecule has 2 amide bonds. The minimum Gasteiger partial charge on any atom is -0.346 e. The SMILES string of the molecule is Cc1ccccc1CC(=O)NC(C)c1nc2ccccc2n1CC(=O)N(C(C)C)C(C)C. The molecule has 170 valence electrons. The number of rotatable bonds is 8. The van der Waals surface area contributed by atoms with Crippen molar-refractivity contribution in [2.45, 2.75) is 72.6 Å². The number of amides is 2. The Morgan fingerprint density at radius 1 is 0.969 bits per heavy atom. The van der Waals surface area contributed by atoms with Crippen molar-refractivity contribution in [3.63, 3.8) is 0 Å². The van der Waals surface area contributed by atoms with Crippen molar-refractivity contribution in [3.8, 4) is 0 Å². The standard InChI is InChI=1S/C26H34N4O2/c1-17(2)30(18(3)4)25(32)16-29-23-14-10-9-13-22(23)28-26(29)20(6)27-24(31)15-21-12-8-7-11-19(21)5/h7-14,17-18,20H,15-16H2,1-6H3,(H,27,31). The molecule has 1 heterocycles. The first-order chi connectivity index (χ1) is 15.2. The molecule has 0 fully saturated rings. The zero-order valence-corrected chi connectivity index (χ0v) is 19.9. The lowest BCUT2D eigenvalue weighted by Gasteiger charge is -2.31. The van der Waals surface area contributed by atoms with Crippen molar-refractivity contribution in [3.05, 3.63) is 65.5 Å². The van der Waals surface area contributed by atoms with Gasteiger partial charge in [0.05, 0.1) is 23.5 Å². The van der Waals surface area contributed by atoms with Crippen molar-refractivity contribution in [1.82, 2.24) is 19.8 Å². The molecule has 3 aromatic rings. The first kappa shape index (κ1) is 23.5. The fourth-order valence-electron chi connectivity index (χ4n) is 4.32. The van der Waals surface area contributed by atoms with Crippen molar-refractivity contribution in [2.24, 2.45) is 0 Å². The molecule has 32 heavy (non-hydrogen) atoms. The summed E-state index contributed by atoms with van der Waals surface area (Å²) in [4.78, 5) is 32.6. The van der Waals surface area contributed by atoms with Crippen LogP contribution in [0.15, 0.2) is 48.5 Å². The average molecular weight is 435 g/mol. The highest BCUT2D eigenvalue weighted by Gasteiger charge is 2.24. The number of hydrogen-bond acceptors (Lipinski definition) is 3. The highest BCUT2D eigenvalue weighted by atomic mass is 16.2. The third-order valence-electron chi connectivity index (χ3n) is 5.76. The van der Waals surface area contributed by atoms with Crippen LogP contribution in [0.5, 0.6) is 0 Å². The van der Waals surface area contributed by atoms with Crippen LogP contribution in [0.1, 0.15) is 57.6 Å². The number of benzene rings is 2. The molecule has 0 aliphatic rings. The van der Waals surface area contributed by atoms with E-state index < -0.39 is 0 Å². The number of aryl methyl sites for hydroxylation is 1. The molecule has 0 bridgehead atoms. The molecule has 0 saturated heterocycles. The van der Waals surface area contributed by atoms with Crippen molar-refractivity contribution in [1.29, 1.82) is 0 Å². The summed E-state index contributed by atoms with van der Waals surface area (Å²) in [5.41, 5.74) is 3.81. The largest absolute Gasteiger partial charge is 0.346 e. The van der Waals surface area contributed by atoms with Crippen LogP contribution in [0.4, 0.5) is 0 Å². The Bertz CT molecular complexity index is 1090. The summed E-state index contributed by atoms with van der Waals surface area (Å²) in [6, 6.07) is 15.5. The number of fused-ring (bicyclic) bond motifs is 1. The van der Waals surface area contributed by atoms with Gasteiger partial charge in [-0.05, 0) is 64.8 Å². The molecule has 0 spiro atoms. The molecule has 2 aromatic carbocycles. The normalized spacial score (nSPS) is 12.4. The number of hydrogen-bond donors (Lipinski definition) is 1. The number of nitrogens with zero attached hydrogens (tertiary/aromatic N) is 3. The second kappa shape index (κ2) is 9.98. The Morgan fingerprint density at radius 2 is 1.59 bits per heavy atom. The van der Waals surface area contributed by atoms with E-state index in [1.807, 2.05) is 99.5 Å². The third kappa shape index (κ3) is 5.18. The number of aromatic nitrogens is 2. The summed E-state index contributed by atoms with van der Waals surface area (Å²) in [5, 5.41) is 3.07. The predicted octanol–water partition coefficient (Wildman–Crippen LogP) is 4.41. The van der Waals surface area contributed by atoms with E-state index in [0.717, 1.165) is 22.2 Å². The smallest absolute Gasteiger partial charge is 0.243 e. The van der Waals surface area contributed by atoms with Crippen molar-refractivity contribution < 1.29 is 9.59 Å². The van der Waals surface area contributed by atoms with Crippen LogP contribution in [0, 0.1) is 6.92 Å². The van der Waals surface area contributed by atoms with Gasteiger partial charge in [-0.2, -0.15) is 0 Å². The van der Waals surface area contributed by atoms with E-state index in [9.17, 15) is 9.59 Å². The van der Waals surface area contributed by atoms with Gasteiger partial charge in [0.25, 0.3) is 0 Å². The molecule has 0 aliphatic heterocycles. The van der Waals surface area contributed by atoms with Gasteiger partial charge in [0.15, 0.2) is 0 Å². The first-order valence-corrected chi connectivity index (χ1v) is 11.3. The van der Waals surface area contributed by atoms with E-state index in [4.69, 9.17) is 4.98 Å². The third-order valence-corrected chi connectivity index (χ3v) is 5.76. The minimum absolute atomic E-state index is 0.0397. The highest BCUT2D eigenvalue weighted by molar-refractivity contribution is 5.82. The van der Waals surface area contributed by atoms with Crippen LogP contribution in [-0.2, 0) is 22.6 Å². The number of carbonyl (C=O) groups excluding carboxylic acids is 2. The quantitative estimate of drug-likeness (QED) is 0.571. The van der Waals surface area contributed by atoms with Gasteiger partial charge in [0.2, 0.25) is 11.8 Å². The molecule has 1 atom stereocenters. The van der Waals surface area contributed by atoms with Crippen LogP contribution < -0.4 is 5.32 Å². The Morgan fingerprint density at radius 3 is 2.25 bits per heavy atom. The summed E-state index contributed by atoms with van der Waals surface area (Å²) >= 11 is 0. The van der Waals surface area contributed by atoms with Gasteiger partial charge in [-0.25, -0.2) is 4.98 Å². The molecular weight excluding hydrogens is 400 g/mol. The summed E-state index contributed by atoms with van der Waals surface area (Å²) in [6.45, 7) is 12.2. The van der Waals surface area contributed by atoms with Crippen molar-refractivity contribution >= 4 is 22.8 Å². The minimum atomic E-state index is -0.335. The Labute approximate surface area is 190 Å². The number of carbonyl (C=O) groups is 2. The topological polar surface area (TPSA) is 67.2 Å². The lowest BCUT2D eigenvalue weighted by atomic mass is 10.1. The van der Waals surface area contributed by atoms with Gasteiger partial charge in [-0.1, -0.05) is 36.4 Å². The van der Waals surface area contributed by atoms with Gasteiger partial charge in [0.1, 0.15) is 12.4 Å². The number of nitrogens with one attached hydrogen (secondary N) is 1. The second-order valence-corrected chi connectivity index (χ2v) is 8.93. The van der Waals surface area contributed by atoms with E-state index in [1.165, 1.54) is 0 Å². The Hall–Kier alpha value is -3.15. The van der Waals surface area contributed by atoms with E-state index in [2.05, 4.69) is 5.32 Å². The van der Waals surface area contributed by atoms with Crippen LogP contribution in [-0.4, -0.2) is 38.3 Å². The monoisotopic (exact) mass is 434 g/mol. The Balaban J connectivity index is 1.86. The van der Waals surface area contributed by atoms with E-state index in [1.54, 1.807) is 0 Å².